The summed E-state index contributed by atoms with van der Waals surface area (Å²) in [6, 6.07) is 4.14. The van der Waals surface area contributed by atoms with Gasteiger partial charge in [0.05, 0.1) is 0 Å². The van der Waals surface area contributed by atoms with Crippen LogP contribution in [0.5, 0.6) is 0 Å². The predicted molar refractivity (Wildman–Crippen MR) is 74.9 cm³/mol. The number of hydrogen-bond acceptors (Lipinski definition) is 2. The molecular weight excluding hydrogens is 259 g/mol. The van der Waals surface area contributed by atoms with Crippen LogP contribution in [0, 0.1) is 18.7 Å². The molecule has 2 rings (SSSR count). The molecule has 1 aliphatic rings. The van der Waals surface area contributed by atoms with Gasteiger partial charge in [-0.15, -0.1) is 0 Å². The second-order valence-corrected chi connectivity index (χ2v) is 5.46. The van der Waals surface area contributed by atoms with E-state index in [1.165, 1.54) is 11.0 Å². The molecule has 0 aromatic heterocycles. The Bertz CT molecular complexity index is 543. The van der Waals surface area contributed by atoms with Crippen LogP contribution in [0.15, 0.2) is 18.2 Å². The van der Waals surface area contributed by atoms with Crippen molar-refractivity contribution in [3.8, 4) is 0 Å². The first-order valence-electron chi connectivity index (χ1n) is 6.77. The first kappa shape index (κ1) is 14.5. The average molecular weight is 278 g/mol. The number of anilines is 1. The molecule has 0 bridgehead atoms. The number of rotatable bonds is 2. The summed E-state index contributed by atoms with van der Waals surface area (Å²) in [5, 5.41) is 2.73. The lowest BCUT2D eigenvalue weighted by molar-refractivity contribution is -0.126. The van der Waals surface area contributed by atoms with Crippen LogP contribution in [0.3, 0.4) is 0 Å². The third-order valence-corrected chi connectivity index (χ3v) is 3.54. The summed E-state index contributed by atoms with van der Waals surface area (Å²) in [5.74, 6) is -0.691. The van der Waals surface area contributed by atoms with Crippen molar-refractivity contribution in [3.05, 3.63) is 29.6 Å². The Morgan fingerprint density at radius 1 is 1.35 bits per heavy atom. The Labute approximate surface area is 118 Å². The van der Waals surface area contributed by atoms with Gasteiger partial charge >= 0.3 is 0 Å². The number of carbonyl (C=O) groups is 2. The summed E-state index contributed by atoms with van der Waals surface area (Å²) in [6.07, 6.45) is 0.227. The Morgan fingerprint density at radius 2 is 2.05 bits per heavy atom. The lowest BCUT2D eigenvalue weighted by Gasteiger charge is -2.26. The highest BCUT2D eigenvalue weighted by molar-refractivity contribution is 6.01. The zero-order valence-electron chi connectivity index (χ0n) is 11.9. The zero-order valence-corrected chi connectivity index (χ0v) is 11.9. The number of hydrogen-bond donors (Lipinski definition) is 1. The maximum atomic E-state index is 13.7. The van der Waals surface area contributed by atoms with Gasteiger partial charge in [-0.25, -0.2) is 4.39 Å². The van der Waals surface area contributed by atoms with E-state index in [0.29, 0.717) is 11.3 Å². The van der Waals surface area contributed by atoms with Crippen LogP contribution in [0.2, 0.25) is 0 Å². The lowest BCUT2D eigenvalue weighted by atomic mass is 10.0. The summed E-state index contributed by atoms with van der Waals surface area (Å²) >= 11 is 0. The molecule has 1 saturated heterocycles. The van der Waals surface area contributed by atoms with Crippen molar-refractivity contribution in [2.75, 3.05) is 11.4 Å². The molecule has 108 valence electrons. The van der Waals surface area contributed by atoms with Crippen LogP contribution >= 0.6 is 0 Å². The fourth-order valence-corrected chi connectivity index (χ4v) is 2.26. The van der Waals surface area contributed by atoms with E-state index in [0.717, 1.165) is 0 Å². The third kappa shape index (κ3) is 2.81. The molecule has 1 heterocycles. The molecule has 0 radical (unpaired) electrons. The van der Waals surface area contributed by atoms with E-state index in [1.807, 2.05) is 13.8 Å². The number of carbonyl (C=O) groups excluding carboxylic acids is 2. The van der Waals surface area contributed by atoms with Gasteiger partial charge in [-0.05, 0) is 30.5 Å². The molecule has 1 fully saturated rings. The number of nitrogens with one attached hydrogen (secondary N) is 1. The van der Waals surface area contributed by atoms with Crippen LogP contribution < -0.4 is 10.2 Å². The van der Waals surface area contributed by atoms with Crippen LogP contribution in [0.4, 0.5) is 10.1 Å². The molecule has 1 N–H and O–H groups in total. The van der Waals surface area contributed by atoms with E-state index < -0.39 is 6.04 Å². The third-order valence-electron chi connectivity index (χ3n) is 3.54. The van der Waals surface area contributed by atoms with Gasteiger partial charge in [-0.1, -0.05) is 19.9 Å². The summed E-state index contributed by atoms with van der Waals surface area (Å²) in [6.45, 7) is 5.70. The predicted octanol–water partition coefficient (Wildman–Crippen LogP) is 2.01. The summed E-state index contributed by atoms with van der Waals surface area (Å²) in [5.41, 5.74) is 1.03. The number of benzene rings is 1. The second-order valence-electron chi connectivity index (χ2n) is 5.46. The normalized spacial score (nSPS) is 20.1. The van der Waals surface area contributed by atoms with E-state index >= 15 is 0 Å². The first-order valence-corrected chi connectivity index (χ1v) is 6.77. The van der Waals surface area contributed by atoms with Crippen LogP contribution in [0.1, 0.15) is 25.8 Å². The van der Waals surface area contributed by atoms with Gasteiger partial charge in [0.1, 0.15) is 11.9 Å². The van der Waals surface area contributed by atoms with Gasteiger partial charge in [-0.3, -0.25) is 9.59 Å². The molecule has 0 aliphatic carbocycles. The molecule has 0 spiro atoms. The molecule has 5 heteroatoms. The Morgan fingerprint density at radius 3 is 2.65 bits per heavy atom. The minimum absolute atomic E-state index is 0.0117. The lowest BCUT2D eigenvalue weighted by Crippen LogP contribution is -2.47. The van der Waals surface area contributed by atoms with E-state index in [9.17, 15) is 14.0 Å². The Kier molecular flexibility index (Phi) is 4.06. The summed E-state index contributed by atoms with van der Waals surface area (Å²) in [7, 11) is 0. The average Bonchev–Trinajstić information content (AvgIpc) is 2.53. The SMILES string of the molecule is Cc1ccc(N2CCC(=O)NC(C(C)C)C2=O)cc1F. The fourth-order valence-electron chi connectivity index (χ4n) is 2.26. The molecule has 4 nitrogen and oxygen atoms in total. The molecule has 0 saturated carbocycles. The van der Waals surface area contributed by atoms with Crippen LogP contribution in [-0.4, -0.2) is 24.4 Å². The number of amides is 2. The minimum atomic E-state index is -0.561. The topological polar surface area (TPSA) is 49.4 Å². The van der Waals surface area contributed by atoms with Crippen molar-refractivity contribution >= 4 is 17.5 Å². The Hall–Kier alpha value is -1.91. The fraction of sp³-hybridized carbons (Fsp3) is 0.467. The molecule has 1 aromatic rings. The quantitative estimate of drug-likeness (QED) is 0.899. The van der Waals surface area contributed by atoms with E-state index in [4.69, 9.17) is 0 Å². The highest BCUT2D eigenvalue weighted by Gasteiger charge is 2.32. The van der Waals surface area contributed by atoms with E-state index in [2.05, 4.69) is 5.32 Å². The van der Waals surface area contributed by atoms with E-state index in [-0.39, 0.29) is 36.5 Å². The zero-order chi connectivity index (χ0) is 14.9. The van der Waals surface area contributed by atoms with Crippen molar-refractivity contribution in [3.63, 3.8) is 0 Å². The van der Waals surface area contributed by atoms with Crippen LogP contribution in [0.25, 0.3) is 0 Å². The molecule has 1 atom stereocenters. The molecule has 1 aliphatic heterocycles. The smallest absolute Gasteiger partial charge is 0.249 e. The maximum absolute atomic E-state index is 13.7. The highest BCUT2D eigenvalue weighted by Crippen LogP contribution is 2.22. The maximum Gasteiger partial charge on any atom is 0.249 e. The van der Waals surface area contributed by atoms with Crippen molar-refractivity contribution in [1.82, 2.24) is 5.32 Å². The largest absolute Gasteiger partial charge is 0.344 e. The number of halogens is 1. The van der Waals surface area contributed by atoms with Crippen molar-refractivity contribution in [2.45, 2.75) is 33.2 Å². The van der Waals surface area contributed by atoms with Crippen molar-refractivity contribution in [2.24, 2.45) is 5.92 Å². The molecule has 2 amide bonds. The minimum Gasteiger partial charge on any atom is -0.344 e. The van der Waals surface area contributed by atoms with Crippen molar-refractivity contribution in [1.29, 1.82) is 0 Å². The van der Waals surface area contributed by atoms with Gasteiger partial charge < -0.3 is 10.2 Å². The molecule has 20 heavy (non-hydrogen) atoms. The summed E-state index contributed by atoms with van der Waals surface area (Å²) in [4.78, 5) is 25.7. The summed E-state index contributed by atoms with van der Waals surface area (Å²) < 4.78 is 13.7. The molecule has 1 aromatic carbocycles. The standard InChI is InChI=1S/C15H19FN2O2/c1-9(2)14-15(20)18(7-6-13(19)17-14)11-5-4-10(3)12(16)8-11/h4-5,8-9,14H,6-7H2,1-3H3,(H,17,19). The van der Waals surface area contributed by atoms with Crippen molar-refractivity contribution < 1.29 is 14.0 Å². The van der Waals surface area contributed by atoms with Gasteiger partial charge in [0, 0.05) is 18.7 Å². The van der Waals surface area contributed by atoms with Gasteiger partial charge in [-0.2, -0.15) is 0 Å². The first-order chi connectivity index (χ1) is 9.40. The van der Waals surface area contributed by atoms with Gasteiger partial charge in [0.25, 0.3) is 0 Å². The molecule has 1 unspecified atom stereocenters. The molecular formula is C15H19FN2O2. The number of nitrogens with zero attached hydrogens (tertiary/aromatic N) is 1. The van der Waals surface area contributed by atoms with E-state index in [1.54, 1.807) is 19.1 Å². The monoisotopic (exact) mass is 278 g/mol. The second kappa shape index (κ2) is 5.61. The number of aryl methyl sites for hydroxylation is 1. The van der Waals surface area contributed by atoms with Crippen LogP contribution in [-0.2, 0) is 9.59 Å². The van der Waals surface area contributed by atoms with Gasteiger partial charge in [0.2, 0.25) is 11.8 Å². The van der Waals surface area contributed by atoms with Gasteiger partial charge in [0.15, 0.2) is 0 Å². The highest BCUT2D eigenvalue weighted by atomic mass is 19.1. The Balaban J connectivity index is 2.35.